The topological polar surface area (TPSA) is 65.5 Å². The molecule has 1 aromatic heterocycles. The lowest BCUT2D eigenvalue weighted by Crippen LogP contribution is -2.43. The van der Waals surface area contributed by atoms with Crippen molar-refractivity contribution < 1.29 is 4.79 Å². The van der Waals surface area contributed by atoms with Crippen molar-refractivity contribution in [2.24, 2.45) is 4.99 Å². The van der Waals surface area contributed by atoms with Crippen LogP contribution in [-0.2, 0) is 11.2 Å². The molecular weight excluding hydrogens is 387 g/mol. The molecule has 0 aliphatic rings. The summed E-state index contributed by atoms with van der Waals surface area (Å²) in [5, 5.41) is 11.1. The van der Waals surface area contributed by atoms with E-state index in [9.17, 15) is 4.79 Å². The number of nitrogens with zero attached hydrogens (tertiary/aromatic N) is 1. The van der Waals surface area contributed by atoms with Crippen molar-refractivity contribution in [2.45, 2.75) is 19.8 Å². The Kier molecular flexibility index (Phi) is 11.5. The van der Waals surface area contributed by atoms with E-state index >= 15 is 0 Å². The predicted molar refractivity (Wildman–Crippen MR) is 96.1 cm³/mol. The minimum atomic E-state index is -0.0111. The number of carbonyl (C=O) groups is 1. The third kappa shape index (κ3) is 8.36. The van der Waals surface area contributed by atoms with Gasteiger partial charge in [0, 0.05) is 25.0 Å². The molecule has 5 nitrogen and oxygen atoms in total. The Hall–Kier alpha value is -0.830. The normalized spacial score (nSPS) is 10.6. The number of guanidine groups is 1. The van der Waals surface area contributed by atoms with Gasteiger partial charge in [-0.15, -0.1) is 35.3 Å². The molecule has 0 aromatic carbocycles. The molecule has 0 unspecified atom stereocenters. The number of carbonyl (C=O) groups excluding carboxylic acids is 1. The lowest BCUT2D eigenvalue weighted by molar-refractivity contribution is -0.120. The van der Waals surface area contributed by atoms with Gasteiger partial charge in [0.1, 0.15) is 0 Å². The van der Waals surface area contributed by atoms with Gasteiger partial charge in [0.15, 0.2) is 5.96 Å². The summed E-state index contributed by atoms with van der Waals surface area (Å²) in [5.41, 5.74) is 0. The van der Waals surface area contributed by atoms with Gasteiger partial charge >= 0.3 is 0 Å². The highest BCUT2D eigenvalue weighted by Crippen LogP contribution is 2.07. The van der Waals surface area contributed by atoms with Crippen LogP contribution in [0.5, 0.6) is 0 Å². The third-order valence-corrected chi connectivity index (χ3v) is 3.39. The van der Waals surface area contributed by atoms with Crippen LogP contribution >= 0.6 is 35.3 Å². The second-order valence-corrected chi connectivity index (χ2v) is 5.06. The number of hydrogen-bond donors (Lipinski definition) is 3. The molecule has 1 rings (SSSR count). The quantitative estimate of drug-likeness (QED) is 0.364. The van der Waals surface area contributed by atoms with E-state index in [1.165, 1.54) is 4.88 Å². The average molecular weight is 410 g/mol. The van der Waals surface area contributed by atoms with Crippen LogP contribution in [0.2, 0.25) is 0 Å². The second kappa shape index (κ2) is 12.0. The van der Waals surface area contributed by atoms with Crippen LogP contribution in [0, 0.1) is 0 Å². The van der Waals surface area contributed by atoms with Crippen molar-refractivity contribution >= 4 is 47.2 Å². The monoisotopic (exact) mass is 410 g/mol. The fourth-order valence-electron chi connectivity index (χ4n) is 1.47. The molecule has 0 aliphatic heterocycles. The van der Waals surface area contributed by atoms with E-state index in [-0.39, 0.29) is 36.4 Å². The molecule has 1 amide bonds. The molecule has 0 saturated heterocycles. The van der Waals surface area contributed by atoms with Crippen LogP contribution in [0.15, 0.2) is 22.5 Å². The van der Waals surface area contributed by atoms with Crippen LogP contribution in [0.25, 0.3) is 0 Å². The number of rotatable bonds is 7. The molecule has 0 spiro atoms. The summed E-state index contributed by atoms with van der Waals surface area (Å²) in [6.45, 7) is 3.79. The van der Waals surface area contributed by atoms with Gasteiger partial charge in [-0.05, 0) is 24.3 Å². The molecule has 0 saturated carbocycles. The highest BCUT2D eigenvalue weighted by Gasteiger charge is 2.02. The van der Waals surface area contributed by atoms with Gasteiger partial charge in [0.2, 0.25) is 5.91 Å². The van der Waals surface area contributed by atoms with Crippen LogP contribution in [0.1, 0.15) is 18.2 Å². The van der Waals surface area contributed by atoms with Crippen molar-refractivity contribution in [1.29, 1.82) is 0 Å². The first-order chi connectivity index (χ1) is 9.26. The number of nitrogens with one attached hydrogen (secondary N) is 3. The Bertz CT molecular complexity index is 395. The lowest BCUT2D eigenvalue weighted by atomic mass is 10.3. The summed E-state index contributed by atoms with van der Waals surface area (Å²) in [7, 11) is 1.70. The van der Waals surface area contributed by atoms with E-state index in [1.807, 2.05) is 13.0 Å². The molecule has 0 fully saturated rings. The summed E-state index contributed by atoms with van der Waals surface area (Å²) >= 11 is 1.75. The van der Waals surface area contributed by atoms with Crippen LogP contribution in [0.4, 0.5) is 0 Å². The highest BCUT2D eigenvalue weighted by atomic mass is 127. The van der Waals surface area contributed by atoms with Crippen molar-refractivity contribution in [2.75, 3.05) is 26.7 Å². The fourth-order valence-corrected chi connectivity index (χ4v) is 2.18. The average Bonchev–Trinajstić information content (AvgIpc) is 2.93. The van der Waals surface area contributed by atoms with Gasteiger partial charge in [-0.3, -0.25) is 9.79 Å². The molecular formula is C13H23IN4OS. The zero-order chi connectivity index (χ0) is 13.9. The van der Waals surface area contributed by atoms with Crippen molar-refractivity contribution in [3.63, 3.8) is 0 Å². The molecule has 114 valence electrons. The predicted octanol–water partition coefficient (Wildman–Crippen LogP) is 1.60. The number of halogens is 1. The lowest BCUT2D eigenvalue weighted by Gasteiger charge is -2.11. The maximum absolute atomic E-state index is 11.4. The first-order valence-corrected chi connectivity index (χ1v) is 7.37. The molecule has 3 N–H and O–H groups in total. The summed E-state index contributed by atoms with van der Waals surface area (Å²) < 4.78 is 0. The minimum Gasteiger partial charge on any atom is -0.356 e. The summed E-state index contributed by atoms with van der Waals surface area (Å²) in [4.78, 5) is 16.8. The summed E-state index contributed by atoms with van der Waals surface area (Å²) in [5.74, 6) is 0.645. The molecule has 0 aliphatic carbocycles. The number of aliphatic imine (C=N–C) groups is 1. The molecule has 0 radical (unpaired) electrons. The van der Waals surface area contributed by atoms with E-state index in [0.29, 0.717) is 12.5 Å². The Balaban J connectivity index is 0.00000361. The number of thiophene rings is 1. The van der Waals surface area contributed by atoms with Crippen molar-refractivity contribution in [3.05, 3.63) is 22.4 Å². The van der Waals surface area contributed by atoms with Crippen molar-refractivity contribution in [1.82, 2.24) is 16.0 Å². The van der Waals surface area contributed by atoms with Crippen LogP contribution < -0.4 is 16.0 Å². The Morgan fingerprint density at radius 1 is 1.30 bits per heavy atom. The van der Waals surface area contributed by atoms with Crippen molar-refractivity contribution in [3.8, 4) is 0 Å². The van der Waals surface area contributed by atoms with Gasteiger partial charge in [-0.1, -0.05) is 13.0 Å². The molecule has 20 heavy (non-hydrogen) atoms. The number of amides is 1. The summed E-state index contributed by atoms with van der Waals surface area (Å²) in [6, 6.07) is 4.16. The zero-order valence-electron chi connectivity index (χ0n) is 11.9. The maximum atomic E-state index is 11.4. The molecule has 1 aromatic rings. The highest BCUT2D eigenvalue weighted by molar-refractivity contribution is 14.0. The van der Waals surface area contributed by atoms with E-state index < -0.39 is 0 Å². The first kappa shape index (κ1) is 19.2. The van der Waals surface area contributed by atoms with Crippen LogP contribution in [-0.4, -0.2) is 38.5 Å². The number of hydrogen-bond acceptors (Lipinski definition) is 3. The largest absolute Gasteiger partial charge is 0.356 e. The molecule has 0 atom stereocenters. The van der Waals surface area contributed by atoms with Gasteiger partial charge in [-0.25, -0.2) is 0 Å². The Labute approximate surface area is 141 Å². The van der Waals surface area contributed by atoms with Crippen LogP contribution in [0.3, 0.4) is 0 Å². The SMILES string of the molecule is CCCNC(=O)CNC(=NC)NCCc1cccs1.I. The van der Waals surface area contributed by atoms with Gasteiger partial charge in [0.05, 0.1) is 6.54 Å². The van der Waals surface area contributed by atoms with E-state index in [4.69, 9.17) is 0 Å². The molecule has 1 heterocycles. The first-order valence-electron chi connectivity index (χ1n) is 6.49. The fraction of sp³-hybridized carbons (Fsp3) is 0.538. The smallest absolute Gasteiger partial charge is 0.239 e. The Morgan fingerprint density at radius 2 is 2.10 bits per heavy atom. The summed E-state index contributed by atoms with van der Waals surface area (Å²) in [6.07, 6.45) is 1.90. The van der Waals surface area contributed by atoms with Gasteiger partial charge in [-0.2, -0.15) is 0 Å². The standard InChI is InChI=1S/C13H22N4OS.HI/c1-3-7-15-12(18)10-17-13(14-2)16-8-6-11-5-4-9-19-11;/h4-5,9H,3,6-8,10H2,1-2H3,(H,15,18)(H2,14,16,17);1H. The molecule has 0 bridgehead atoms. The Morgan fingerprint density at radius 3 is 2.70 bits per heavy atom. The van der Waals surface area contributed by atoms with Gasteiger partial charge in [0.25, 0.3) is 0 Å². The minimum absolute atomic E-state index is 0. The zero-order valence-corrected chi connectivity index (χ0v) is 15.1. The van der Waals surface area contributed by atoms with E-state index in [0.717, 1.165) is 19.4 Å². The second-order valence-electron chi connectivity index (χ2n) is 4.03. The third-order valence-electron chi connectivity index (χ3n) is 2.46. The molecule has 7 heteroatoms. The van der Waals surface area contributed by atoms with E-state index in [1.54, 1.807) is 18.4 Å². The van der Waals surface area contributed by atoms with E-state index in [2.05, 4.69) is 32.4 Å². The maximum Gasteiger partial charge on any atom is 0.239 e. The van der Waals surface area contributed by atoms with Gasteiger partial charge < -0.3 is 16.0 Å².